The van der Waals surface area contributed by atoms with E-state index >= 15 is 0 Å². The van der Waals surface area contributed by atoms with Gasteiger partial charge >= 0.3 is 11.9 Å². The summed E-state index contributed by atoms with van der Waals surface area (Å²) in [5, 5.41) is 20.0. The second-order valence-corrected chi connectivity index (χ2v) is 9.68. The third kappa shape index (κ3) is 5.60. The highest BCUT2D eigenvalue weighted by Gasteiger charge is 2.45. The van der Waals surface area contributed by atoms with Crippen molar-refractivity contribution in [3.8, 4) is 0 Å². The van der Waals surface area contributed by atoms with E-state index in [1.165, 1.54) is 0 Å². The molecule has 8 nitrogen and oxygen atoms in total. The zero-order valence-corrected chi connectivity index (χ0v) is 20.7. The van der Waals surface area contributed by atoms with Crippen molar-refractivity contribution >= 4 is 34.9 Å². The smallest absolute Gasteiger partial charge is 0.309 e. The van der Waals surface area contributed by atoms with E-state index < -0.39 is 17.7 Å². The highest BCUT2D eigenvalue weighted by atomic mass is 35.5. The highest BCUT2D eigenvalue weighted by Crippen LogP contribution is 2.40. The first kappa shape index (κ1) is 25.0. The first-order valence-corrected chi connectivity index (χ1v) is 12.2. The molecule has 0 aromatic heterocycles. The van der Waals surface area contributed by atoms with Gasteiger partial charge in [0.2, 0.25) is 0 Å². The lowest BCUT2D eigenvalue weighted by Gasteiger charge is -2.32. The summed E-state index contributed by atoms with van der Waals surface area (Å²) in [5.74, 6) is -2.09. The quantitative estimate of drug-likeness (QED) is 0.234. The van der Waals surface area contributed by atoms with E-state index in [9.17, 15) is 14.8 Å². The van der Waals surface area contributed by atoms with Gasteiger partial charge in [0.05, 0.1) is 35.8 Å². The Morgan fingerprint density at radius 3 is 2.43 bits per heavy atom. The van der Waals surface area contributed by atoms with E-state index in [-0.39, 0.29) is 19.4 Å². The average Bonchev–Trinajstić information content (AvgIpc) is 3.09. The topological polar surface area (TPSA) is 109 Å². The van der Waals surface area contributed by atoms with Crippen LogP contribution in [0.25, 0.3) is 0 Å². The Kier molecular flexibility index (Phi) is 7.62. The maximum absolute atomic E-state index is 12.3. The maximum atomic E-state index is 12.3. The van der Waals surface area contributed by atoms with Gasteiger partial charge in [-0.05, 0) is 54.1 Å². The third-order valence-electron chi connectivity index (χ3n) is 6.15. The molecule has 2 aromatic carbocycles. The normalized spacial score (nSPS) is 17.9. The summed E-state index contributed by atoms with van der Waals surface area (Å²) < 4.78 is 11.4. The average molecular weight is 500 g/mol. The zero-order valence-electron chi connectivity index (χ0n) is 19.9. The molecule has 0 amide bonds. The molecule has 0 bridgehead atoms. The van der Waals surface area contributed by atoms with E-state index in [1.54, 1.807) is 12.1 Å². The number of hydrogen-bond donors (Lipinski definition) is 3. The van der Waals surface area contributed by atoms with Crippen LogP contribution in [0.5, 0.6) is 0 Å². The zero-order chi connectivity index (χ0) is 25.0. The van der Waals surface area contributed by atoms with Crippen LogP contribution in [0, 0.1) is 5.92 Å². The lowest BCUT2D eigenvalue weighted by atomic mass is 9.96. The predicted molar refractivity (Wildman–Crippen MR) is 133 cm³/mol. The van der Waals surface area contributed by atoms with Gasteiger partial charge in [-0.2, -0.15) is 0 Å². The minimum atomic E-state index is -1.52. The van der Waals surface area contributed by atoms with Gasteiger partial charge in [-0.3, -0.25) is 9.59 Å². The number of hydrogen-bond acceptors (Lipinski definition) is 8. The fourth-order valence-electron chi connectivity index (χ4n) is 4.47. The first-order valence-electron chi connectivity index (χ1n) is 11.8. The van der Waals surface area contributed by atoms with Gasteiger partial charge in [0.1, 0.15) is 0 Å². The molecule has 3 N–H and O–H groups in total. The van der Waals surface area contributed by atoms with Crippen molar-refractivity contribution in [3.63, 3.8) is 0 Å². The molecule has 2 heterocycles. The van der Waals surface area contributed by atoms with Crippen molar-refractivity contribution in [2.75, 3.05) is 18.4 Å². The van der Waals surface area contributed by atoms with Gasteiger partial charge in [-0.15, -0.1) is 0 Å². The van der Waals surface area contributed by atoms with Gasteiger partial charge in [0, 0.05) is 12.1 Å². The Balaban J connectivity index is 1.60. The Morgan fingerprint density at radius 1 is 1.11 bits per heavy atom. The van der Waals surface area contributed by atoms with E-state index in [1.807, 2.05) is 24.3 Å². The summed E-state index contributed by atoms with van der Waals surface area (Å²) >= 11 is 6.59. The molecule has 186 valence electrons. The number of nitrogens with one attached hydrogen (secondary N) is 2. The lowest BCUT2D eigenvalue weighted by Crippen LogP contribution is -2.43. The number of rotatable bonds is 6. The molecular weight excluding hydrogens is 470 g/mol. The van der Waals surface area contributed by atoms with Crippen molar-refractivity contribution < 1.29 is 24.3 Å². The Hall–Kier alpha value is -3.10. The van der Waals surface area contributed by atoms with Crippen LogP contribution in [0.1, 0.15) is 55.4 Å². The molecule has 1 fully saturated rings. The summed E-state index contributed by atoms with van der Waals surface area (Å²) in [6, 6.07) is 11.3. The predicted octanol–water partition coefficient (Wildman–Crippen LogP) is 4.36. The fraction of sp³-hybridized carbons (Fsp3) is 0.423. The molecule has 2 aliphatic rings. The monoisotopic (exact) mass is 499 g/mol. The molecule has 35 heavy (non-hydrogen) atoms. The molecule has 0 radical (unpaired) electrons. The summed E-state index contributed by atoms with van der Waals surface area (Å²) in [5.41, 5.74) is 4.71. The second-order valence-electron chi connectivity index (χ2n) is 9.27. The van der Waals surface area contributed by atoms with Gasteiger partial charge < -0.3 is 25.3 Å². The number of benzene rings is 2. The van der Waals surface area contributed by atoms with Crippen LogP contribution in [0.2, 0.25) is 5.02 Å². The molecule has 2 aliphatic heterocycles. The number of anilines is 1. The molecule has 1 spiro atoms. The van der Waals surface area contributed by atoms with Crippen molar-refractivity contribution in [2.24, 2.45) is 11.1 Å². The molecule has 0 unspecified atom stereocenters. The number of carbonyl (C=O) groups is 2. The lowest BCUT2D eigenvalue weighted by molar-refractivity contribution is -0.225. The number of ether oxygens (including phenoxy) is 2. The number of fused-ring (bicyclic) bond motifs is 2. The number of nitrogens with zero attached hydrogens (tertiary/aromatic N) is 1. The van der Waals surface area contributed by atoms with Gasteiger partial charge in [-0.25, -0.2) is 0 Å². The van der Waals surface area contributed by atoms with E-state index in [0.717, 1.165) is 16.7 Å². The standard InChI is InChI=1S/C26H30ClN3O5/c1-16(2)13-22(30-33)18-5-3-17(4-6-18)14-29-25-19-11-12-28-15-26(20(19)7-8-21(25)27)34-23(31)9-10-24(32)35-26/h3-8,16,28-29,33H,9-15H2,1-2H3/b30-22-. The van der Waals surface area contributed by atoms with Crippen LogP contribution in [0.4, 0.5) is 5.69 Å². The molecule has 9 heteroatoms. The minimum absolute atomic E-state index is 0.00944. The van der Waals surface area contributed by atoms with Crippen molar-refractivity contribution in [2.45, 2.75) is 51.9 Å². The van der Waals surface area contributed by atoms with Gasteiger partial charge in [0.15, 0.2) is 0 Å². The minimum Gasteiger partial charge on any atom is -0.416 e. The van der Waals surface area contributed by atoms with Gasteiger partial charge in [-0.1, -0.05) is 54.9 Å². The summed E-state index contributed by atoms with van der Waals surface area (Å²) in [7, 11) is 0. The van der Waals surface area contributed by atoms with Crippen molar-refractivity contribution in [3.05, 3.63) is 63.7 Å². The largest absolute Gasteiger partial charge is 0.416 e. The summed E-state index contributed by atoms with van der Waals surface area (Å²) in [6.45, 7) is 5.42. The van der Waals surface area contributed by atoms with Crippen molar-refractivity contribution in [1.82, 2.24) is 5.32 Å². The number of esters is 2. The van der Waals surface area contributed by atoms with E-state index in [2.05, 4.69) is 29.6 Å². The fourth-order valence-corrected chi connectivity index (χ4v) is 4.72. The molecule has 0 saturated carbocycles. The van der Waals surface area contributed by atoms with Crippen LogP contribution in [0.3, 0.4) is 0 Å². The van der Waals surface area contributed by atoms with Crippen LogP contribution in [-0.4, -0.2) is 35.9 Å². The van der Waals surface area contributed by atoms with E-state index in [4.69, 9.17) is 21.1 Å². The van der Waals surface area contributed by atoms with Crippen LogP contribution in [0.15, 0.2) is 41.6 Å². The molecule has 4 rings (SSSR count). The maximum Gasteiger partial charge on any atom is 0.309 e. The van der Waals surface area contributed by atoms with Crippen LogP contribution in [-0.2, 0) is 37.8 Å². The summed E-state index contributed by atoms with van der Waals surface area (Å²) in [6.07, 6.45) is 1.28. The molecular formula is C26H30ClN3O5. The first-order chi connectivity index (χ1) is 16.8. The Labute approximate surface area is 209 Å². The summed E-state index contributed by atoms with van der Waals surface area (Å²) in [4.78, 5) is 24.6. The molecule has 0 atom stereocenters. The highest BCUT2D eigenvalue weighted by molar-refractivity contribution is 6.33. The molecule has 2 aromatic rings. The molecule has 0 aliphatic carbocycles. The van der Waals surface area contributed by atoms with Crippen molar-refractivity contribution in [1.29, 1.82) is 0 Å². The van der Waals surface area contributed by atoms with Crippen LogP contribution >= 0.6 is 11.6 Å². The Morgan fingerprint density at radius 2 is 1.80 bits per heavy atom. The Bertz CT molecular complexity index is 1110. The SMILES string of the molecule is CC(C)C/C(=N/O)c1ccc(CNc2c(Cl)ccc3c2CCNCC32OC(=O)CCC(=O)O2)cc1. The number of carbonyl (C=O) groups excluding carboxylic acids is 2. The third-order valence-corrected chi connectivity index (χ3v) is 6.47. The van der Waals surface area contributed by atoms with Crippen LogP contribution < -0.4 is 10.6 Å². The van der Waals surface area contributed by atoms with Gasteiger partial charge in [0.25, 0.3) is 5.79 Å². The number of halogens is 1. The molecule has 1 saturated heterocycles. The van der Waals surface area contributed by atoms with E-state index in [0.29, 0.717) is 53.8 Å². The second kappa shape index (κ2) is 10.7. The number of oxime groups is 1.